The summed E-state index contributed by atoms with van der Waals surface area (Å²) in [6.07, 6.45) is 0.0498. The first kappa shape index (κ1) is 16.1. The molecule has 0 heterocycles. The summed E-state index contributed by atoms with van der Waals surface area (Å²) in [4.78, 5) is 21.8. The van der Waals surface area contributed by atoms with E-state index in [1.807, 2.05) is 30.3 Å². The maximum Gasteiger partial charge on any atom is 0.305 e. The van der Waals surface area contributed by atoms with Gasteiger partial charge in [0.2, 0.25) is 6.04 Å². The highest BCUT2D eigenvalue weighted by Gasteiger charge is 2.27. The van der Waals surface area contributed by atoms with E-state index in [2.05, 4.69) is 4.74 Å². The molecule has 0 saturated carbocycles. The van der Waals surface area contributed by atoms with Crippen LogP contribution in [0.1, 0.15) is 30.9 Å². The number of hydrogen-bond acceptors (Lipinski definition) is 5. The average Bonchev–Trinajstić information content (AvgIpc) is 2.47. The standard InChI is InChI=1S/C14H19NO5/c1-19-13(11-6-4-3-5-7-11)10-12(15(17)18)8-9-14(16)20-2/h3-7,12-13H,8-10H2,1-2H3/t12-,13-/m0/s1. The number of methoxy groups -OCH3 is 2. The van der Waals surface area contributed by atoms with E-state index in [1.54, 1.807) is 0 Å². The Morgan fingerprint density at radius 3 is 2.45 bits per heavy atom. The van der Waals surface area contributed by atoms with E-state index < -0.39 is 12.0 Å². The van der Waals surface area contributed by atoms with Crippen LogP contribution in [0.15, 0.2) is 30.3 Å². The van der Waals surface area contributed by atoms with Gasteiger partial charge in [-0.1, -0.05) is 30.3 Å². The van der Waals surface area contributed by atoms with Crippen LogP contribution in [0.5, 0.6) is 0 Å². The van der Waals surface area contributed by atoms with Gasteiger partial charge in [0.25, 0.3) is 0 Å². The third-order valence-electron chi connectivity index (χ3n) is 3.15. The van der Waals surface area contributed by atoms with Gasteiger partial charge < -0.3 is 9.47 Å². The molecule has 20 heavy (non-hydrogen) atoms. The molecule has 1 aromatic rings. The van der Waals surface area contributed by atoms with Crippen molar-refractivity contribution in [3.8, 4) is 0 Å². The number of nitro groups is 1. The topological polar surface area (TPSA) is 78.7 Å². The normalized spacial score (nSPS) is 13.5. The summed E-state index contributed by atoms with van der Waals surface area (Å²) < 4.78 is 9.83. The van der Waals surface area contributed by atoms with Crippen LogP contribution < -0.4 is 0 Å². The molecule has 0 radical (unpaired) electrons. The molecular weight excluding hydrogens is 262 g/mol. The third kappa shape index (κ3) is 4.97. The summed E-state index contributed by atoms with van der Waals surface area (Å²) in [6, 6.07) is 8.49. The van der Waals surface area contributed by atoms with Gasteiger partial charge in [0, 0.05) is 24.9 Å². The molecule has 0 aliphatic carbocycles. The summed E-state index contributed by atoms with van der Waals surface area (Å²) >= 11 is 0. The second-order valence-corrected chi connectivity index (χ2v) is 4.42. The molecule has 0 saturated heterocycles. The van der Waals surface area contributed by atoms with Crippen molar-refractivity contribution in [2.24, 2.45) is 0 Å². The molecule has 0 aromatic heterocycles. The Kier molecular flexibility index (Phi) is 6.66. The molecule has 1 aromatic carbocycles. The maximum atomic E-state index is 11.1. The van der Waals surface area contributed by atoms with Crippen LogP contribution in [0.3, 0.4) is 0 Å². The van der Waals surface area contributed by atoms with E-state index in [-0.39, 0.29) is 30.3 Å². The largest absolute Gasteiger partial charge is 0.469 e. The number of carbonyl (C=O) groups is 1. The predicted molar refractivity (Wildman–Crippen MR) is 72.8 cm³/mol. The summed E-state index contributed by atoms with van der Waals surface area (Å²) in [6.45, 7) is 0. The molecule has 0 bridgehead atoms. The van der Waals surface area contributed by atoms with Crippen molar-refractivity contribution in [1.82, 2.24) is 0 Å². The van der Waals surface area contributed by atoms with E-state index in [0.29, 0.717) is 0 Å². The maximum absolute atomic E-state index is 11.1. The third-order valence-corrected chi connectivity index (χ3v) is 3.15. The Morgan fingerprint density at radius 1 is 1.30 bits per heavy atom. The molecule has 6 heteroatoms. The fraction of sp³-hybridized carbons (Fsp3) is 0.500. The van der Waals surface area contributed by atoms with Crippen molar-refractivity contribution < 1.29 is 19.2 Å². The van der Waals surface area contributed by atoms with Crippen molar-refractivity contribution in [2.75, 3.05) is 14.2 Å². The first-order chi connectivity index (χ1) is 9.58. The van der Waals surface area contributed by atoms with Crippen LogP contribution in [0.2, 0.25) is 0 Å². The second-order valence-electron chi connectivity index (χ2n) is 4.42. The fourth-order valence-corrected chi connectivity index (χ4v) is 1.98. The summed E-state index contributed by atoms with van der Waals surface area (Å²) in [5, 5.41) is 11.1. The quantitative estimate of drug-likeness (QED) is 0.415. The fourth-order valence-electron chi connectivity index (χ4n) is 1.98. The minimum atomic E-state index is -0.834. The van der Waals surface area contributed by atoms with Crippen LogP contribution >= 0.6 is 0 Å². The lowest BCUT2D eigenvalue weighted by Gasteiger charge is -2.18. The van der Waals surface area contributed by atoms with Crippen LogP contribution in [0, 0.1) is 10.1 Å². The van der Waals surface area contributed by atoms with Gasteiger partial charge in [-0.15, -0.1) is 0 Å². The Morgan fingerprint density at radius 2 is 1.95 bits per heavy atom. The summed E-state index contributed by atoms with van der Waals surface area (Å²) in [5.74, 6) is -0.439. The lowest BCUT2D eigenvalue weighted by Crippen LogP contribution is -2.24. The van der Waals surface area contributed by atoms with Crippen LogP contribution in [-0.4, -0.2) is 31.2 Å². The zero-order chi connectivity index (χ0) is 15.0. The van der Waals surface area contributed by atoms with Gasteiger partial charge in [-0.2, -0.15) is 0 Å². The number of hydrogen-bond donors (Lipinski definition) is 0. The van der Waals surface area contributed by atoms with E-state index in [9.17, 15) is 14.9 Å². The molecule has 0 N–H and O–H groups in total. The number of rotatable bonds is 8. The molecule has 0 unspecified atom stereocenters. The van der Waals surface area contributed by atoms with E-state index in [1.165, 1.54) is 14.2 Å². The SMILES string of the molecule is COC(=O)CC[C@@H](C[C@H](OC)c1ccccc1)[N+](=O)[O-]. The monoisotopic (exact) mass is 281 g/mol. The second kappa shape index (κ2) is 8.27. The minimum absolute atomic E-state index is 0.0351. The lowest BCUT2D eigenvalue weighted by molar-refractivity contribution is -0.526. The summed E-state index contributed by atoms with van der Waals surface area (Å²) in [7, 11) is 2.79. The van der Waals surface area contributed by atoms with Gasteiger partial charge in [0.15, 0.2) is 0 Å². The van der Waals surface area contributed by atoms with Gasteiger partial charge in [-0.05, 0) is 5.56 Å². The van der Waals surface area contributed by atoms with E-state index >= 15 is 0 Å². The molecule has 0 fully saturated rings. The Hall–Kier alpha value is -1.95. The number of ether oxygens (including phenoxy) is 2. The van der Waals surface area contributed by atoms with Gasteiger partial charge in [0.05, 0.1) is 19.6 Å². The van der Waals surface area contributed by atoms with Crippen molar-refractivity contribution >= 4 is 5.97 Å². The molecular formula is C14H19NO5. The van der Waals surface area contributed by atoms with Crippen LogP contribution in [-0.2, 0) is 14.3 Å². The molecule has 0 aliphatic heterocycles. The number of nitrogens with zero attached hydrogens (tertiary/aromatic N) is 1. The lowest BCUT2D eigenvalue weighted by atomic mass is 9.99. The highest BCUT2D eigenvalue weighted by Crippen LogP contribution is 2.24. The first-order valence-corrected chi connectivity index (χ1v) is 6.36. The van der Waals surface area contributed by atoms with Gasteiger partial charge in [-0.3, -0.25) is 14.9 Å². The Balaban J connectivity index is 2.68. The van der Waals surface area contributed by atoms with Gasteiger partial charge in [0.1, 0.15) is 0 Å². The highest BCUT2D eigenvalue weighted by atomic mass is 16.6. The van der Waals surface area contributed by atoms with Gasteiger partial charge in [-0.25, -0.2) is 0 Å². The smallest absolute Gasteiger partial charge is 0.305 e. The highest BCUT2D eigenvalue weighted by molar-refractivity contribution is 5.69. The van der Waals surface area contributed by atoms with Crippen molar-refractivity contribution in [3.05, 3.63) is 46.0 Å². The first-order valence-electron chi connectivity index (χ1n) is 6.36. The molecule has 110 valence electrons. The Bertz CT molecular complexity index is 434. The van der Waals surface area contributed by atoms with Crippen molar-refractivity contribution in [3.63, 3.8) is 0 Å². The number of benzene rings is 1. The summed E-state index contributed by atoms with van der Waals surface area (Å²) in [5.41, 5.74) is 0.889. The zero-order valence-electron chi connectivity index (χ0n) is 11.7. The van der Waals surface area contributed by atoms with Crippen molar-refractivity contribution in [1.29, 1.82) is 0 Å². The number of carbonyl (C=O) groups excluding carboxylic acids is 1. The zero-order valence-corrected chi connectivity index (χ0v) is 11.7. The van der Waals surface area contributed by atoms with Crippen LogP contribution in [0.25, 0.3) is 0 Å². The molecule has 6 nitrogen and oxygen atoms in total. The van der Waals surface area contributed by atoms with Crippen molar-refractivity contribution in [2.45, 2.75) is 31.4 Å². The molecule has 0 aliphatic rings. The minimum Gasteiger partial charge on any atom is -0.469 e. The average molecular weight is 281 g/mol. The van der Waals surface area contributed by atoms with E-state index in [4.69, 9.17) is 4.74 Å². The molecule has 1 rings (SSSR count). The Labute approximate surface area is 117 Å². The molecule has 0 spiro atoms. The number of esters is 1. The predicted octanol–water partition coefficient (Wildman–Crippen LogP) is 2.36. The molecule has 0 amide bonds. The van der Waals surface area contributed by atoms with Crippen LogP contribution in [0.4, 0.5) is 0 Å². The molecule has 2 atom stereocenters. The van der Waals surface area contributed by atoms with Gasteiger partial charge >= 0.3 is 5.97 Å². The van der Waals surface area contributed by atoms with E-state index in [0.717, 1.165) is 5.56 Å².